The highest BCUT2D eigenvalue weighted by Crippen LogP contribution is 2.48. The van der Waals surface area contributed by atoms with E-state index in [0.29, 0.717) is 34.6 Å². The number of aromatic carboxylic acids is 1. The highest BCUT2D eigenvalue weighted by atomic mass is 32.1. The Morgan fingerprint density at radius 3 is 2.35 bits per heavy atom. The minimum atomic E-state index is -0.857. The van der Waals surface area contributed by atoms with Crippen molar-refractivity contribution < 1.29 is 19.4 Å². The highest BCUT2D eigenvalue weighted by Gasteiger charge is 2.29. The third-order valence-corrected chi connectivity index (χ3v) is 11.6. The van der Waals surface area contributed by atoms with Gasteiger partial charge in [-0.1, -0.05) is 57.4 Å². The number of hydrogen-bond acceptors (Lipinski definition) is 5. The van der Waals surface area contributed by atoms with E-state index in [-0.39, 0.29) is 5.82 Å². The predicted octanol–water partition coefficient (Wildman–Crippen LogP) is 10.3. The number of halogens is 1. The Balaban J connectivity index is 0.000000324. The van der Waals surface area contributed by atoms with Crippen LogP contribution < -0.4 is 0 Å². The van der Waals surface area contributed by atoms with Crippen LogP contribution in [0.15, 0.2) is 54.6 Å². The van der Waals surface area contributed by atoms with Crippen LogP contribution in [0.2, 0.25) is 0 Å². The van der Waals surface area contributed by atoms with Crippen LogP contribution in [0, 0.1) is 18.7 Å². The molecule has 0 bridgehead atoms. The summed E-state index contributed by atoms with van der Waals surface area (Å²) in [7, 11) is 0. The van der Waals surface area contributed by atoms with Gasteiger partial charge in [0.05, 0.1) is 27.1 Å². The van der Waals surface area contributed by atoms with Crippen molar-refractivity contribution in [1.82, 2.24) is 14.5 Å². The number of piperidine rings is 1. The number of pyridine rings is 1. The Labute approximate surface area is 293 Å². The van der Waals surface area contributed by atoms with Gasteiger partial charge in [0, 0.05) is 29.7 Å². The molecule has 7 rings (SSSR count). The topological polar surface area (TPSA) is 78.6 Å². The Kier molecular flexibility index (Phi) is 11.5. The van der Waals surface area contributed by atoms with Crippen molar-refractivity contribution in [1.29, 1.82) is 0 Å². The molecule has 1 saturated heterocycles. The summed E-state index contributed by atoms with van der Waals surface area (Å²) < 4.78 is 17.9. The third kappa shape index (κ3) is 7.47. The molecule has 3 aromatic heterocycles. The largest absolute Gasteiger partial charge is 0.477 e. The fourth-order valence-corrected chi connectivity index (χ4v) is 9.03. The molecule has 1 saturated carbocycles. The summed E-state index contributed by atoms with van der Waals surface area (Å²) in [6.45, 7) is 11.4. The summed E-state index contributed by atoms with van der Waals surface area (Å²) in [6.07, 6.45) is 10.6. The lowest BCUT2D eigenvalue weighted by molar-refractivity contribution is 0.0702. The van der Waals surface area contributed by atoms with Gasteiger partial charge in [-0.25, -0.2) is 14.2 Å². The van der Waals surface area contributed by atoms with Crippen LogP contribution in [0.5, 0.6) is 0 Å². The molecule has 1 aliphatic carbocycles. The van der Waals surface area contributed by atoms with Crippen LogP contribution in [0.3, 0.4) is 0 Å². The third-order valence-electron chi connectivity index (χ3n) is 10.5. The molecule has 4 heterocycles. The quantitative estimate of drug-likeness (QED) is 0.162. The van der Waals surface area contributed by atoms with Crippen molar-refractivity contribution >= 4 is 38.4 Å². The monoisotopic (exact) mass is 683 g/mol. The van der Waals surface area contributed by atoms with Gasteiger partial charge in [0.2, 0.25) is 0 Å². The van der Waals surface area contributed by atoms with E-state index >= 15 is 0 Å². The summed E-state index contributed by atoms with van der Waals surface area (Å²) >= 11 is 1.42. The van der Waals surface area contributed by atoms with Crippen molar-refractivity contribution in [2.45, 2.75) is 91.0 Å². The second kappa shape index (κ2) is 16.0. The molecule has 2 N–H and O–H groups in total. The van der Waals surface area contributed by atoms with Crippen LogP contribution in [0.1, 0.15) is 98.4 Å². The number of thiophene rings is 1. The predicted molar refractivity (Wildman–Crippen MR) is 200 cm³/mol. The fraction of sp³-hybridized carbons (Fsp3) is 0.463. The molecular formula is C41H50FN3O3S. The molecule has 260 valence electrons. The maximum Gasteiger partial charge on any atom is 0.345 e. The average molecular weight is 684 g/mol. The number of carbonyl (C=O) groups is 1. The fourth-order valence-electron chi connectivity index (χ4n) is 7.91. The minimum Gasteiger partial charge on any atom is -0.477 e. The number of aryl methyl sites for hydroxylation is 2. The Morgan fingerprint density at radius 2 is 1.67 bits per heavy atom. The first-order valence-electron chi connectivity index (χ1n) is 18.2. The summed E-state index contributed by atoms with van der Waals surface area (Å²) in [4.78, 5) is 19.6. The smallest absolute Gasteiger partial charge is 0.345 e. The van der Waals surface area contributed by atoms with Crippen molar-refractivity contribution in [3.05, 3.63) is 76.4 Å². The number of aliphatic hydroxyl groups excluding tert-OH is 1. The molecule has 0 amide bonds. The van der Waals surface area contributed by atoms with E-state index in [4.69, 9.17) is 10.1 Å². The Bertz CT molecular complexity index is 1900. The van der Waals surface area contributed by atoms with Crippen LogP contribution >= 0.6 is 11.3 Å². The number of likely N-dealkylation sites (tertiary alicyclic amines) is 1. The van der Waals surface area contributed by atoms with Gasteiger partial charge >= 0.3 is 5.97 Å². The minimum absolute atomic E-state index is 0.275. The summed E-state index contributed by atoms with van der Waals surface area (Å²) in [5.74, 6) is -0.119. The van der Waals surface area contributed by atoms with E-state index < -0.39 is 5.97 Å². The zero-order valence-corrected chi connectivity index (χ0v) is 30.0. The second-order valence-corrected chi connectivity index (χ2v) is 14.9. The van der Waals surface area contributed by atoms with E-state index in [1.807, 2.05) is 24.3 Å². The van der Waals surface area contributed by atoms with Gasteiger partial charge < -0.3 is 19.7 Å². The molecule has 8 heteroatoms. The van der Waals surface area contributed by atoms with Crippen molar-refractivity contribution in [3.8, 4) is 22.5 Å². The van der Waals surface area contributed by atoms with Gasteiger partial charge in [-0.15, -0.1) is 11.3 Å². The van der Waals surface area contributed by atoms with Gasteiger partial charge in [0.15, 0.2) is 0 Å². The number of carboxylic acids is 1. The maximum absolute atomic E-state index is 14.4. The number of hydrogen-bond donors (Lipinski definition) is 2. The van der Waals surface area contributed by atoms with Gasteiger partial charge in [-0.2, -0.15) is 0 Å². The second-order valence-electron chi connectivity index (χ2n) is 13.8. The molecule has 2 aromatic carbocycles. The van der Waals surface area contributed by atoms with Gasteiger partial charge in [0.1, 0.15) is 10.7 Å². The number of rotatable bonds is 9. The molecule has 2 aliphatic rings. The first kappa shape index (κ1) is 35.2. The van der Waals surface area contributed by atoms with E-state index in [1.54, 1.807) is 12.1 Å². The molecule has 0 unspecified atom stereocenters. The average Bonchev–Trinajstić information content (AvgIpc) is 3.68. The van der Waals surface area contributed by atoms with Crippen molar-refractivity contribution in [3.63, 3.8) is 0 Å². The summed E-state index contributed by atoms with van der Waals surface area (Å²) in [5.41, 5.74) is 7.88. The van der Waals surface area contributed by atoms with E-state index in [0.717, 1.165) is 52.5 Å². The van der Waals surface area contributed by atoms with E-state index in [2.05, 4.69) is 42.4 Å². The zero-order valence-electron chi connectivity index (χ0n) is 29.2. The van der Waals surface area contributed by atoms with Gasteiger partial charge in [-0.3, -0.25) is 0 Å². The molecule has 6 nitrogen and oxygen atoms in total. The standard InChI is InChI=1S/C32H31FN2O2S.C9H19NO/c1-3-17-35-27-18-28(32(36)37)38-31(27)29(20-9-5-4-6-10-20)30(35)22-14-16-25-21(19(22)2)13-15-26(34-25)23-11-7-8-12-24(23)33;1-2-5-10-6-3-9(8-11)4-7-10/h7-8,11-16,18,20H,3-6,9-10,17H2,1-2H3,(H,36,37);9,11H,2-8H2,1H3. The molecule has 0 radical (unpaired) electrons. The number of aromatic nitrogens is 2. The lowest BCUT2D eigenvalue weighted by atomic mass is 9.82. The number of nitrogens with zero attached hydrogens (tertiary/aromatic N) is 3. The van der Waals surface area contributed by atoms with Crippen LogP contribution in [-0.2, 0) is 6.54 Å². The van der Waals surface area contributed by atoms with E-state index in [1.165, 1.54) is 92.4 Å². The van der Waals surface area contributed by atoms with Crippen molar-refractivity contribution in [2.75, 3.05) is 26.2 Å². The molecule has 5 aromatic rings. The normalized spacial score (nSPS) is 16.3. The molecule has 49 heavy (non-hydrogen) atoms. The molecular weight excluding hydrogens is 634 g/mol. The molecule has 2 fully saturated rings. The van der Waals surface area contributed by atoms with Crippen LogP contribution in [0.25, 0.3) is 43.6 Å². The summed E-state index contributed by atoms with van der Waals surface area (Å²) in [6, 6.07) is 16.8. The molecule has 0 spiro atoms. The van der Waals surface area contributed by atoms with Crippen LogP contribution in [-0.4, -0.2) is 56.9 Å². The molecule has 1 aliphatic heterocycles. The number of fused-ring (bicyclic) bond motifs is 2. The number of benzene rings is 2. The first-order chi connectivity index (χ1) is 23.8. The number of carboxylic acid groups (broad SMARTS) is 1. The highest BCUT2D eigenvalue weighted by molar-refractivity contribution is 7.21. The van der Waals surface area contributed by atoms with Crippen LogP contribution in [0.4, 0.5) is 4.39 Å². The zero-order chi connectivity index (χ0) is 34.5. The van der Waals surface area contributed by atoms with Gasteiger partial charge in [0.25, 0.3) is 0 Å². The van der Waals surface area contributed by atoms with Gasteiger partial charge in [-0.05, 0) is 118 Å². The Morgan fingerprint density at radius 1 is 0.939 bits per heavy atom. The molecule has 0 atom stereocenters. The summed E-state index contributed by atoms with van der Waals surface area (Å²) in [5, 5.41) is 19.7. The maximum atomic E-state index is 14.4. The first-order valence-corrected chi connectivity index (χ1v) is 19.0. The Hall–Kier alpha value is -3.59. The van der Waals surface area contributed by atoms with Crippen molar-refractivity contribution in [2.24, 2.45) is 5.92 Å². The lowest BCUT2D eigenvalue weighted by Gasteiger charge is -2.30. The van der Waals surface area contributed by atoms with E-state index in [9.17, 15) is 14.3 Å². The number of aliphatic hydroxyl groups is 1. The lowest BCUT2D eigenvalue weighted by Crippen LogP contribution is -2.35. The SMILES string of the molecule is CCCN1CCC(CO)CC1.CCCn1c(-c2ccc3nc(-c4ccccc4F)ccc3c2C)c(C2CCCCC2)c2sc(C(=O)O)cc21.